The molecule has 0 aliphatic heterocycles. The summed E-state index contributed by atoms with van der Waals surface area (Å²) in [4.78, 5) is 0. The molecule has 0 atom stereocenters. The van der Waals surface area contributed by atoms with E-state index in [4.69, 9.17) is 0 Å². The third-order valence-electron chi connectivity index (χ3n) is 5.23. The molecule has 0 radical (unpaired) electrons. The maximum atomic E-state index is 3.11. The third kappa shape index (κ3) is 5.12. The molecule has 1 N–H and O–H groups in total. The first-order chi connectivity index (χ1) is 10.9. The highest BCUT2D eigenvalue weighted by Crippen LogP contribution is 2.36. The Morgan fingerprint density at radius 3 is 2.18 bits per heavy atom. The van der Waals surface area contributed by atoms with Gasteiger partial charge in [0.15, 0.2) is 0 Å². The van der Waals surface area contributed by atoms with Crippen LogP contribution in [-0.2, 0) is 12.8 Å². The lowest BCUT2D eigenvalue weighted by molar-refractivity contribution is 0.576. The number of fused-ring (bicyclic) bond motifs is 1. The Labute approximate surface area is 137 Å². The van der Waals surface area contributed by atoms with Gasteiger partial charge in [0.2, 0.25) is 0 Å². The van der Waals surface area contributed by atoms with Crippen LogP contribution in [0.3, 0.4) is 0 Å². The highest BCUT2D eigenvalue weighted by atomic mass is 14.8. The van der Waals surface area contributed by atoms with Crippen molar-refractivity contribution >= 4 is 0 Å². The van der Waals surface area contributed by atoms with Gasteiger partial charge in [0, 0.05) is 0 Å². The van der Waals surface area contributed by atoms with Crippen molar-refractivity contribution in [1.82, 2.24) is 5.32 Å². The minimum Gasteiger partial charge on any atom is -0.317 e. The van der Waals surface area contributed by atoms with Crippen LogP contribution >= 0.6 is 0 Å². The van der Waals surface area contributed by atoms with Crippen molar-refractivity contribution in [3.05, 3.63) is 34.9 Å². The minimum atomic E-state index is 0.880. The second-order valence-electron chi connectivity index (χ2n) is 6.84. The Kier molecular flexibility index (Phi) is 8.01. The molecule has 0 bridgehead atoms. The number of benzene rings is 1. The van der Waals surface area contributed by atoms with E-state index in [1.165, 1.54) is 64.2 Å². The van der Waals surface area contributed by atoms with Crippen molar-refractivity contribution in [2.24, 2.45) is 0 Å². The van der Waals surface area contributed by atoms with E-state index in [0.717, 1.165) is 19.0 Å². The summed E-state index contributed by atoms with van der Waals surface area (Å²) < 4.78 is 0. The average Bonchev–Trinajstić information content (AvgIpc) is 2.85. The van der Waals surface area contributed by atoms with E-state index in [-0.39, 0.29) is 0 Å². The summed E-state index contributed by atoms with van der Waals surface area (Å²) in [6.07, 6.45) is 14.2. The summed E-state index contributed by atoms with van der Waals surface area (Å²) in [5.41, 5.74) is 5.13. The number of nitrogens with one attached hydrogen (secondary N) is 1. The van der Waals surface area contributed by atoms with Crippen molar-refractivity contribution in [2.45, 2.75) is 84.0 Å². The molecule has 0 aromatic heterocycles. The molecule has 22 heavy (non-hydrogen) atoms. The van der Waals surface area contributed by atoms with Crippen LogP contribution < -0.4 is 5.32 Å². The zero-order chi connectivity index (χ0) is 15.6. The Hall–Kier alpha value is -0.820. The number of aryl methyl sites for hydroxylation is 1. The van der Waals surface area contributed by atoms with Gasteiger partial charge in [-0.3, -0.25) is 0 Å². The van der Waals surface area contributed by atoms with E-state index in [0.29, 0.717) is 0 Å². The molecule has 2 aliphatic carbocycles. The number of rotatable bonds is 3. The van der Waals surface area contributed by atoms with Gasteiger partial charge in [0.25, 0.3) is 0 Å². The van der Waals surface area contributed by atoms with Gasteiger partial charge in [-0.2, -0.15) is 0 Å². The zero-order valence-electron chi connectivity index (χ0n) is 14.8. The molecule has 124 valence electrons. The molecule has 2 aliphatic rings. The van der Waals surface area contributed by atoms with Crippen LogP contribution in [0.15, 0.2) is 18.2 Å². The van der Waals surface area contributed by atoms with E-state index < -0.39 is 0 Å². The number of hydrogen-bond acceptors (Lipinski definition) is 1. The van der Waals surface area contributed by atoms with Gasteiger partial charge in [0.05, 0.1) is 0 Å². The summed E-state index contributed by atoms with van der Waals surface area (Å²) in [6.45, 7) is 6.39. The summed E-state index contributed by atoms with van der Waals surface area (Å²) in [5.74, 6) is 0.880. The van der Waals surface area contributed by atoms with E-state index in [1.807, 2.05) is 0 Å². The molecule has 1 saturated carbocycles. The first-order valence-electron chi connectivity index (χ1n) is 9.68. The predicted octanol–water partition coefficient (Wildman–Crippen LogP) is 5.62. The third-order valence-corrected chi connectivity index (χ3v) is 5.23. The molecule has 0 saturated heterocycles. The SMILES string of the molecule is CCNCC.c1cc2c(c(C3CCCCCC3)c1)CCCC2. The monoisotopic (exact) mass is 301 g/mol. The van der Waals surface area contributed by atoms with Gasteiger partial charge in [-0.05, 0) is 74.2 Å². The second kappa shape index (κ2) is 10.0. The summed E-state index contributed by atoms with van der Waals surface area (Å²) >= 11 is 0. The van der Waals surface area contributed by atoms with Gasteiger partial charge < -0.3 is 5.32 Å². The predicted molar refractivity (Wildman–Crippen MR) is 97.7 cm³/mol. The molecule has 1 fully saturated rings. The molecular weight excluding hydrogens is 266 g/mol. The van der Waals surface area contributed by atoms with E-state index in [9.17, 15) is 0 Å². The lowest BCUT2D eigenvalue weighted by Gasteiger charge is -2.24. The van der Waals surface area contributed by atoms with Crippen molar-refractivity contribution in [3.63, 3.8) is 0 Å². The fraction of sp³-hybridized carbons (Fsp3) is 0.714. The maximum absolute atomic E-state index is 3.11. The number of hydrogen-bond donors (Lipinski definition) is 1. The molecule has 0 heterocycles. The lowest BCUT2D eigenvalue weighted by atomic mass is 9.81. The van der Waals surface area contributed by atoms with Crippen LogP contribution in [0, 0.1) is 0 Å². The van der Waals surface area contributed by atoms with Gasteiger partial charge in [-0.25, -0.2) is 0 Å². The van der Waals surface area contributed by atoms with Crippen LogP contribution in [-0.4, -0.2) is 13.1 Å². The van der Waals surface area contributed by atoms with Crippen LogP contribution in [0.2, 0.25) is 0 Å². The first-order valence-corrected chi connectivity index (χ1v) is 9.68. The van der Waals surface area contributed by atoms with Crippen LogP contribution in [0.1, 0.15) is 87.8 Å². The normalized spacial score (nSPS) is 18.8. The minimum absolute atomic E-state index is 0.880. The molecular formula is C21H35N. The molecule has 1 aromatic carbocycles. The van der Waals surface area contributed by atoms with Crippen LogP contribution in [0.5, 0.6) is 0 Å². The highest BCUT2D eigenvalue weighted by Gasteiger charge is 2.20. The van der Waals surface area contributed by atoms with Crippen molar-refractivity contribution in [3.8, 4) is 0 Å². The summed E-state index contributed by atoms with van der Waals surface area (Å²) in [6, 6.07) is 7.11. The molecule has 3 rings (SSSR count). The first kappa shape index (κ1) is 17.5. The Balaban J connectivity index is 0.000000309. The van der Waals surface area contributed by atoms with Gasteiger partial charge in [-0.15, -0.1) is 0 Å². The topological polar surface area (TPSA) is 12.0 Å². The summed E-state index contributed by atoms with van der Waals surface area (Å²) in [5, 5.41) is 3.11. The molecule has 1 heteroatoms. The largest absolute Gasteiger partial charge is 0.317 e. The van der Waals surface area contributed by atoms with E-state index >= 15 is 0 Å². The second-order valence-corrected chi connectivity index (χ2v) is 6.84. The fourth-order valence-electron chi connectivity index (χ4n) is 4.03. The van der Waals surface area contributed by atoms with Gasteiger partial charge in [-0.1, -0.05) is 57.7 Å². The van der Waals surface area contributed by atoms with Crippen molar-refractivity contribution < 1.29 is 0 Å². The smallest absolute Gasteiger partial charge is 0.00775 e. The fourth-order valence-corrected chi connectivity index (χ4v) is 4.03. The molecule has 1 nitrogen and oxygen atoms in total. The Morgan fingerprint density at radius 1 is 0.864 bits per heavy atom. The van der Waals surface area contributed by atoms with Gasteiger partial charge in [0.1, 0.15) is 0 Å². The van der Waals surface area contributed by atoms with Crippen molar-refractivity contribution in [1.29, 1.82) is 0 Å². The molecule has 1 aromatic rings. The van der Waals surface area contributed by atoms with Crippen molar-refractivity contribution in [2.75, 3.05) is 13.1 Å². The van der Waals surface area contributed by atoms with Crippen LogP contribution in [0.25, 0.3) is 0 Å². The standard InChI is InChI=1S/C17H24.C4H11N/c1-2-4-9-14(8-3-1)17-13-7-11-15-10-5-6-12-16(15)17;1-3-5-4-2/h7,11,13-14H,1-6,8-10,12H2;5H,3-4H2,1-2H3. The lowest BCUT2D eigenvalue weighted by Crippen LogP contribution is -2.09. The van der Waals surface area contributed by atoms with Gasteiger partial charge >= 0.3 is 0 Å². The van der Waals surface area contributed by atoms with E-state index in [1.54, 1.807) is 16.7 Å². The maximum Gasteiger partial charge on any atom is -0.00775 e. The molecule has 0 spiro atoms. The Bertz CT molecular complexity index is 414. The molecule has 0 amide bonds. The Morgan fingerprint density at radius 2 is 1.55 bits per heavy atom. The zero-order valence-corrected chi connectivity index (χ0v) is 14.8. The quantitative estimate of drug-likeness (QED) is 0.715. The summed E-state index contributed by atoms with van der Waals surface area (Å²) in [7, 11) is 0. The molecule has 0 unspecified atom stereocenters. The van der Waals surface area contributed by atoms with Crippen LogP contribution in [0.4, 0.5) is 0 Å². The average molecular weight is 302 g/mol. The highest BCUT2D eigenvalue weighted by molar-refractivity contribution is 5.39. The van der Waals surface area contributed by atoms with E-state index in [2.05, 4.69) is 37.4 Å².